The van der Waals surface area contributed by atoms with Gasteiger partial charge in [0.05, 0.1) is 16.9 Å². The molecule has 0 N–H and O–H groups in total. The summed E-state index contributed by atoms with van der Waals surface area (Å²) in [5.74, 6) is -0.0346. The smallest absolute Gasteiger partial charge is 0.259 e. The van der Waals surface area contributed by atoms with Crippen molar-refractivity contribution >= 4 is 23.4 Å². The minimum Gasteiger partial charge on any atom is -0.339 e. The van der Waals surface area contributed by atoms with E-state index in [1.165, 1.54) is 0 Å². The van der Waals surface area contributed by atoms with E-state index in [0.717, 1.165) is 5.69 Å². The quantitative estimate of drug-likeness (QED) is 0.830. The van der Waals surface area contributed by atoms with Gasteiger partial charge in [-0.1, -0.05) is 43.6 Å². The van der Waals surface area contributed by atoms with Gasteiger partial charge in [0.1, 0.15) is 5.15 Å². The molecule has 0 aliphatic carbocycles. The monoisotopic (exact) mass is 374 g/mol. The fourth-order valence-corrected chi connectivity index (χ4v) is 3.49. The number of hydrogen-bond acceptors (Lipinski definition) is 3. The molecule has 1 saturated heterocycles. The van der Waals surface area contributed by atoms with Gasteiger partial charge in [-0.25, -0.2) is 4.68 Å². The fraction of sp³-hybridized carbons (Fsp3) is 0.421. The summed E-state index contributed by atoms with van der Waals surface area (Å²) < 4.78 is 1.59. The number of aromatic nitrogens is 2. The lowest BCUT2D eigenvalue weighted by Gasteiger charge is -2.35. The van der Waals surface area contributed by atoms with Gasteiger partial charge in [-0.2, -0.15) is 5.10 Å². The fourth-order valence-electron chi connectivity index (χ4n) is 3.14. The van der Waals surface area contributed by atoms with Crippen LogP contribution in [0.2, 0.25) is 5.15 Å². The van der Waals surface area contributed by atoms with Crippen LogP contribution in [-0.4, -0.2) is 57.6 Å². The third-order valence-electron chi connectivity index (χ3n) is 4.59. The highest BCUT2D eigenvalue weighted by Crippen LogP contribution is 2.25. The zero-order valence-corrected chi connectivity index (χ0v) is 16.0. The highest BCUT2D eigenvalue weighted by Gasteiger charge is 2.29. The van der Waals surface area contributed by atoms with Crippen molar-refractivity contribution < 1.29 is 9.59 Å². The average Bonchev–Trinajstić information content (AvgIpc) is 2.95. The van der Waals surface area contributed by atoms with Gasteiger partial charge in [-0.05, 0) is 19.1 Å². The van der Waals surface area contributed by atoms with Gasteiger partial charge in [0.15, 0.2) is 0 Å². The molecule has 0 unspecified atom stereocenters. The molecule has 0 spiro atoms. The van der Waals surface area contributed by atoms with Gasteiger partial charge in [-0.15, -0.1) is 0 Å². The molecule has 0 bridgehead atoms. The summed E-state index contributed by atoms with van der Waals surface area (Å²) in [7, 11) is 0. The number of nitrogens with zero attached hydrogens (tertiary/aromatic N) is 4. The van der Waals surface area contributed by atoms with E-state index in [2.05, 4.69) is 5.10 Å². The number of carbonyl (C=O) groups is 2. The number of piperazine rings is 1. The lowest BCUT2D eigenvalue weighted by atomic mass is 10.1. The molecule has 26 heavy (non-hydrogen) atoms. The van der Waals surface area contributed by atoms with Crippen molar-refractivity contribution in [1.82, 2.24) is 19.6 Å². The summed E-state index contributed by atoms with van der Waals surface area (Å²) in [4.78, 5) is 28.6. The molecule has 138 valence electrons. The second-order valence-corrected chi connectivity index (χ2v) is 7.13. The Kier molecular flexibility index (Phi) is 5.32. The van der Waals surface area contributed by atoms with Crippen LogP contribution in [0.25, 0.3) is 5.69 Å². The molecule has 1 aromatic carbocycles. The van der Waals surface area contributed by atoms with Crippen molar-refractivity contribution in [3.8, 4) is 5.69 Å². The minimum atomic E-state index is -0.133. The highest BCUT2D eigenvalue weighted by atomic mass is 35.5. The zero-order valence-electron chi connectivity index (χ0n) is 15.3. The van der Waals surface area contributed by atoms with Crippen LogP contribution in [0.3, 0.4) is 0 Å². The van der Waals surface area contributed by atoms with Crippen molar-refractivity contribution in [3.05, 3.63) is 46.7 Å². The van der Waals surface area contributed by atoms with Crippen molar-refractivity contribution in [2.45, 2.75) is 20.8 Å². The Morgan fingerprint density at radius 1 is 1.04 bits per heavy atom. The molecular weight excluding hydrogens is 352 g/mol. The van der Waals surface area contributed by atoms with E-state index in [4.69, 9.17) is 11.6 Å². The van der Waals surface area contributed by atoms with Gasteiger partial charge in [0.2, 0.25) is 5.91 Å². The Balaban J connectivity index is 1.77. The first-order chi connectivity index (χ1) is 12.4. The van der Waals surface area contributed by atoms with E-state index < -0.39 is 0 Å². The third kappa shape index (κ3) is 3.46. The maximum absolute atomic E-state index is 13.0. The summed E-state index contributed by atoms with van der Waals surface area (Å²) in [5.41, 5.74) is 1.84. The molecule has 0 saturated carbocycles. The first-order valence-corrected chi connectivity index (χ1v) is 9.16. The number of benzene rings is 1. The van der Waals surface area contributed by atoms with Crippen LogP contribution in [0.1, 0.15) is 29.9 Å². The lowest BCUT2D eigenvalue weighted by Crippen LogP contribution is -2.51. The molecule has 2 heterocycles. The Morgan fingerprint density at radius 3 is 2.19 bits per heavy atom. The molecule has 1 aliphatic heterocycles. The maximum atomic E-state index is 13.0. The first kappa shape index (κ1) is 18.5. The SMILES string of the molecule is Cc1nn(-c2ccccc2)c(Cl)c1C(=O)N1CCN(C(=O)C(C)C)CC1. The van der Waals surface area contributed by atoms with E-state index >= 15 is 0 Å². The van der Waals surface area contributed by atoms with Gasteiger partial charge in [-0.3, -0.25) is 9.59 Å². The highest BCUT2D eigenvalue weighted by molar-refractivity contribution is 6.33. The van der Waals surface area contributed by atoms with Gasteiger partial charge >= 0.3 is 0 Å². The molecule has 1 fully saturated rings. The number of rotatable bonds is 3. The van der Waals surface area contributed by atoms with Crippen molar-refractivity contribution in [1.29, 1.82) is 0 Å². The summed E-state index contributed by atoms with van der Waals surface area (Å²) in [6.07, 6.45) is 0. The number of hydrogen-bond donors (Lipinski definition) is 0. The van der Waals surface area contributed by atoms with Crippen molar-refractivity contribution in [2.75, 3.05) is 26.2 Å². The Bertz CT molecular complexity index is 808. The van der Waals surface area contributed by atoms with E-state index in [-0.39, 0.29) is 17.7 Å². The minimum absolute atomic E-state index is 0.0296. The normalized spacial score (nSPS) is 14.8. The molecular formula is C19H23ClN4O2. The van der Waals surface area contributed by atoms with Crippen LogP contribution in [-0.2, 0) is 4.79 Å². The van der Waals surface area contributed by atoms with Gasteiger partial charge < -0.3 is 9.80 Å². The number of para-hydroxylation sites is 1. The van der Waals surface area contributed by atoms with E-state index in [1.54, 1.807) is 16.5 Å². The third-order valence-corrected chi connectivity index (χ3v) is 4.94. The van der Waals surface area contributed by atoms with Crippen molar-refractivity contribution in [3.63, 3.8) is 0 Å². The predicted octanol–water partition coefficient (Wildman–Crippen LogP) is 2.77. The number of aryl methyl sites for hydroxylation is 1. The molecule has 2 aromatic rings. The molecule has 0 atom stereocenters. The topological polar surface area (TPSA) is 58.4 Å². The van der Waals surface area contributed by atoms with Crippen LogP contribution in [0.5, 0.6) is 0 Å². The molecule has 7 heteroatoms. The Hall–Kier alpha value is -2.34. The molecule has 2 amide bonds. The Labute approximate surface area is 158 Å². The summed E-state index contributed by atoms with van der Waals surface area (Å²) in [6.45, 7) is 7.67. The van der Waals surface area contributed by atoms with Crippen LogP contribution in [0.15, 0.2) is 30.3 Å². The standard InChI is InChI=1S/C19H23ClN4O2/c1-13(2)18(25)22-9-11-23(12-10-22)19(26)16-14(3)21-24(17(16)20)15-7-5-4-6-8-15/h4-8,13H,9-12H2,1-3H3. The Morgan fingerprint density at radius 2 is 1.62 bits per heavy atom. The first-order valence-electron chi connectivity index (χ1n) is 8.78. The molecule has 0 radical (unpaired) electrons. The summed E-state index contributed by atoms with van der Waals surface area (Å²) in [5, 5.41) is 4.75. The average molecular weight is 375 g/mol. The maximum Gasteiger partial charge on any atom is 0.259 e. The van der Waals surface area contributed by atoms with Crippen LogP contribution >= 0.6 is 11.6 Å². The molecule has 6 nitrogen and oxygen atoms in total. The van der Waals surface area contributed by atoms with Crippen LogP contribution < -0.4 is 0 Å². The van der Waals surface area contributed by atoms with Crippen LogP contribution in [0, 0.1) is 12.8 Å². The molecule has 1 aliphatic rings. The summed E-state index contributed by atoms with van der Waals surface area (Å²) >= 11 is 6.49. The summed E-state index contributed by atoms with van der Waals surface area (Å²) in [6, 6.07) is 9.49. The van der Waals surface area contributed by atoms with E-state index in [9.17, 15) is 9.59 Å². The zero-order chi connectivity index (χ0) is 18.8. The largest absolute Gasteiger partial charge is 0.339 e. The molecule has 1 aromatic heterocycles. The van der Waals surface area contributed by atoms with Crippen molar-refractivity contribution in [2.24, 2.45) is 5.92 Å². The second kappa shape index (κ2) is 7.50. The van der Waals surface area contributed by atoms with Gasteiger partial charge in [0, 0.05) is 32.1 Å². The second-order valence-electron chi connectivity index (χ2n) is 6.77. The van der Waals surface area contributed by atoms with E-state index in [0.29, 0.717) is 42.6 Å². The number of halogens is 1. The number of amides is 2. The van der Waals surface area contributed by atoms with Crippen LogP contribution in [0.4, 0.5) is 0 Å². The molecule has 3 rings (SSSR count). The van der Waals surface area contributed by atoms with Gasteiger partial charge in [0.25, 0.3) is 5.91 Å². The van der Waals surface area contributed by atoms with E-state index in [1.807, 2.05) is 49.1 Å². The lowest BCUT2D eigenvalue weighted by molar-refractivity contribution is -0.135. The predicted molar refractivity (Wildman–Crippen MR) is 101 cm³/mol. The number of carbonyl (C=O) groups excluding carboxylic acids is 2.